The minimum absolute atomic E-state index is 0.216. The Balaban J connectivity index is 2.41. The normalized spacial score (nSPS) is 10.8. The summed E-state index contributed by atoms with van der Waals surface area (Å²) in [5, 5.41) is 9.14. The molecule has 0 radical (unpaired) electrons. The number of aromatic carboxylic acids is 1. The molecule has 0 bridgehead atoms. The largest absolute Gasteiger partial charge is 0.477 e. The predicted octanol–water partition coefficient (Wildman–Crippen LogP) is 1.49. The van der Waals surface area contributed by atoms with E-state index in [0.717, 1.165) is 5.69 Å². The summed E-state index contributed by atoms with van der Waals surface area (Å²) in [5.74, 6) is -1.27. The fourth-order valence-electron chi connectivity index (χ4n) is 2.19. The Morgan fingerprint density at radius 1 is 1.20 bits per heavy atom. The van der Waals surface area contributed by atoms with Crippen molar-refractivity contribution < 1.29 is 9.90 Å². The molecule has 6 heteroatoms. The third kappa shape index (κ3) is 1.70. The smallest absolute Gasteiger partial charge is 0.343 e. The molecule has 0 aliphatic heterocycles. The summed E-state index contributed by atoms with van der Waals surface area (Å²) in [5.41, 5.74) is 0.494. The topological polar surface area (TPSA) is 76.6 Å². The number of carbonyl (C=O) groups is 1. The molecule has 0 aliphatic rings. The maximum absolute atomic E-state index is 12.4. The molecule has 0 spiro atoms. The highest BCUT2D eigenvalue weighted by molar-refractivity contribution is 5.88. The zero-order chi connectivity index (χ0) is 14.3. The number of aryl methyl sites for hydroxylation is 1. The standard InChI is InChI=1S/C14H11N3O3/c1-9-12(14(19)20)13(18)17-11(15-9)7-8-16(17)10-5-3-2-4-6-10/h2-8H,1H3,(H,19,20). The Labute approximate surface area is 113 Å². The number of para-hydroxylation sites is 1. The van der Waals surface area contributed by atoms with E-state index in [4.69, 9.17) is 5.11 Å². The van der Waals surface area contributed by atoms with Crippen LogP contribution in [0.5, 0.6) is 0 Å². The van der Waals surface area contributed by atoms with E-state index in [-0.39, 0.29) is 11.3 Å². The first-order valence-electron chi connectivity index (χ1n) is 5.99. The zero-order valence-corrected chi connectivity index (χ0v) is 10.6. The number of fused-ring (bicyclic) bond motifs is 1. The summed E-state index contributed by atoms with van der Waals surface area (Å²) in [7, 11) is 0. The van der Waals surface area contributed by atoms with Gasteiger partial charge in [-0.15, -0.1) is 0 Å². The van der Waals surface area contributed by atoms with Crippen molar-refractivity contribution in [1.29, 1.82) is 0 Å². The van der Waals surface area contributed by atoms with Crippen LogP contribution < -0.4 is 5.56 Å². The van der Waals surface area contributed by atoms with Crippen LogP contribution in [0.15, 0.2) is 47.4 Å². The number of carboxylic acid groups (broad SMARTS) is 1. The minimum atomic E-state index is -1.27. The molecule has 100 valence electrons. The van der Waals surface area contributed by atoms with Gasteiger partial charge in [0.1, 0.15) is 5.56 Å². The monoisotopic (exact) mass is 269 g/mol. The highest BCUT2D eigenvalue weighted by atomic mass is 16.4. The molecule has 0 amide bonds. The van der Waals surface area contributed by atoms with E-state index >= 15 is 0 Å². The van der Waals surface area contributed by atoms with E-state index in [1.165, 1.54) is 11.4 Å². The first-order chi connectivity index (χ1) is 9.59. The first kappa shape index (κ1) is 12.2. The van der Waals surface area contributed by atoms with Crippen LogP contribution in [0.4, 0.5) is 0 Å². The van der Waals surface area contributed by atoms with Crippen LogP contribution in [0, 0.1) is 6.92 Å². The molecular weight excluding hydrogens is 258 g/mol. The predicted molar refractivity (Wildman–Crippen MR) is 72.5 cm³/mol. The van der Waals surface area contributed by atoms with Crippen molar-refractivity contribution in [3.63, 3.8) is 0 Å². The number of hydrogen-bond donors (Lipinski definition) is 1. The fourth-order valence-corrected chi connectivity index (χ4v) is 2.19. The van der Waals surface area contributed by atoms with E-state index in [9.17, 15) is 9.59 Å². The van der Waals surface area contributed by atoms with Crippen molar-refractivity contribution in [3.8, 4) is 5.69 Å². The fraction of sp³-hybridized carbons (Fsp3) is 0.0714. The Morgan fingerprint density at radius 2 is 1.90 bits per heavy atom. The first-order valence-corrected chi connectivity index (χ1v) is 5.99. The van der Waals surface area contributed by atoms with Crippen LogP contribution in [0.25, 0.3) is 11.3 Å². The molecule has 0 unspecified atom stereocenters. The molecule has 3 rings (SSSR count). The zero-order valence-electron chi connectivity index (χ0n) is 10.6. The Hall–Kier alpha value is -2.89. The van der Waals surface area contributed by atoms with E-state index < -0.39 is 11.5 Å². The summed E-state index contributed by atoms with van der Waals surface area (Å²) >= 11 is 0. The second-order valence-electron chi connectivity index (χ2n) is 4.35. The average Bonchev–Trinajstić information content (AvgIpc) is 2.83. The van der Waals surface area contributed by atoms with Crippen molar-refractivity contribution >= 4 is 11.6 Å². The highest BCUT2D eigenvalue weighted by Gasteiger charge is 2.18. The maximum Gasteiger partial charge on any atom is 0.343 e. The SMILES string of the molecule is Cc1nc2ccn(-c3ccccc3)n2c(=O)c1C(=O)O. The molecule has 0 fully saturated rings. The molecule has 2 aromatic heterocycles. The molecule has 6 nitrogen and oxygen atoms in total. The lowest BCUT2D eigenvalue weighted by Crippen LogP contribution is -2.27. The van der Waals surface area contributed by atoms with E-state index in [0.29, 0.717) is 5.65 Å². The number of hydrogen-bond acceptors (Lipinski definition) is 3. The second kappa shape index (κ2) is 4.34. The van der Waals surface area contributed by atoms with Crippen molar-refractivity contribution in [3.05, 3.63) is 64.2 Å². The summed E-state index contributed by atoms with van der Waals surface area (Å²) in [4.78, 5) is 27.7. The second-order valence-corrected chi connectivity index (χ2v) is 4.35. The molecule has 0 saturated carbocycles. The van der Waals surface area contributed by atoms with Gasteiger partial charge in [-0.2, -0.15) is 4.52 Å². The van der Waals surface area contributed by atoms with Gasteiger partial charge in [0.25, 0.3) is 5.56 Å². The molecule has 2 heterocycles. The van der Waals surface area contributed by atoms with Gasteiger partial charge >= 0.3 is 5.97 Å². The van der Waals surface area contributed by atoms with Crippen LogP contribution in [0.1, 0.15) is 16.1 Å². The number of aromatic nitrogens is 3. The van der Waals surface area contributed by atoms with Crippen LogP contribution in [0.3, 0.4) is 0 Å². The summed E-state index contributed by atoms with van der Waals surface area (Å²) in [6.45, 7) is 1.52. The molecular formula is C14H11N3O3. The van der Waals surface area contributed by atoms with Crippen molar-refractivity contribution in [2.75, 3.05) is 0 Å². The van der Waals surface area contributed by atoms with Gasteiger partial charge in [-0.3, -0.25) is 9.48 Å². The van der Waals surface area contributed by atoms with Crippen LogP contribution in [0.2, 0.25) is 0 Å². The van der Waals surface area contributed by atoms with E-state index in [1.807, 2.05) is 30.3 Å². The van der Waals surface area contributed by atoms with Gasteiger partial charge in [-0.1, -0.05) is 18.2 Å². The molecule has 20 heavy (non-hydrogen) atoms. The van der Waals surface area contributed by atoms with E-state index in [2.05, 4.69) is 4.98 Å². The van der Waals surface area contributed by atoms with Gasteiger partial charge in [-0.25, -0.2) is 9.78 Å². The number of nitrogens with zero attached hydrogens (tertiary/aromatic N) is 3. The third-order valence-electron chi connectivity index (χ3n) is 3.08. The molecule has 0 saturated heterocycles. The molecule has 0 aliphatic carbocycles. The number of rotatable bonds is 2. The van der Waals surface area contributed by atoms with Gasteiger partial charge in [0.05, 0.1) is 11.4 Å². The lowest BCUT2D eigenvalue weighted by Gasteiger charge is -2.07. The van der Waals surface area contributed by atoms with Crippen molar-refractivity contribution in [2.24, 2.45) is 0 Å². The lowest BCUT2D eigenvalue weighted by molar-refractivity contribution is 0.0693. The van der Waals surface area contributed by atoms with Gasteiger partial charge in [0.15, 0.2) is 5.65 Å². The lowest BCUT2D eigenvalue weighted by atomic mass is 10.2. The van der Waals surface area contributed by atoms with Gasteiger partial charge < -0.3 is 5.11 Å². The molecule has 1 N–H and O–H groups in total. The van der Waals surface area contributed by atoms with Crippen molar-refractivity contribution in [1.82, 2.24) is 14.2 Å². The average molecular weight is 269 g/mol. The number of carboxylic acids is 1. The maximum atomic E-state index is 12.4. The molecule has 0 atom stereocenters. The Morgan fingerprint density at radius 3 is 2.55 bits per heavy atom. The summed E-state index contributed by atoms with van der Waals surface area (Å²) in [6.07, 6.45) is 1.68. The van der Waals surface area contributed by atoms with Gasteiger partial charge in [0, 0.05) is 12.3 Å². The quantitative estimate of drug-likeness (QED) is 0.764. The highest BCUT2D eigenvalue weighted by Crippen LogP contribution is 2.10. The summed E-state index contributed by atoms with van der Waals surface area (Å²) < 4.78 is 2.84. The van der Waals surface area contributed by atoms with Crippen LogP contribution >= 0.6 is 0 Å². The molecule has 1 aromatic carbocycles. The van der Waals surface area contributed by atoms with Gasteiger partial charge in [0.2, 0.25) is 0 Å². The number of benzene rings is 1. The van der Waals surface area contributed by atoms with Crippen LogP contribution in [-0.4, -0.2) is 25.3 Å². The van der Waals surface area contributed by atoms with Gasteiger partial charge in [-0.05, 0) is 19.1 Å². The minimum Gasteiger partial charge on any atom is -0.477 e. The molecule has 3 aromatic rings. The van der Waals surface area contributed by atoms with Crippen LogP contribution in [-0.2, 0) is 0 Å². The van der Waals surface area contributed by atoms with E-state index in [1.54, 1.807) is 16.9 Å². The van der Waals surface area contributed by atoms with Crippen molar-refractivity contribution in [2.45, 2.75) is 6.92 Å². The Kier molecular flexibility index (Phi) is 2.64. The summed E-state index contributed by atoms with van der Waals surface area (Å²) in [6, 6.07) is 10.9. The Bertz CT molecular complexity index is 862. The third-order valence-corrected chi connectivity index (χ3v) is 3.08.